The van der Waals surface area contributed by atoms with Gasteiger partial charge in [-0.3, -0.25) is 4.79 Å². The summed E-state index contributed by atoms with van der Waals surface area (Å²) in [6.07, 6.45) is 2.24. The fourth-order valence-corrected chi connectivity index (χ4v) is 2.77. The molecule has 1 amide bonds. The molecule has 1 saturated heterocycles. The van der Waals surface area contributed by atoms with E-state index >= 15 is 0 Å². The van der Waals surface area contributed by atoms with Crippen LogP contribution in [0.1, 0.15) is 36.5 Å². The van der Waals surface area contributed by atoms with Gasteiger partial charge in [-0.05, 0) is 44.7 Å². The van der Waals surface area contributed by atoms with Gasteiger partial charge in [0.15, 0.2) is 5.96 Å². The van der Waals surface area contributed by atoms with Crippen LogP contribution >= 0.6 is 0 Å². The summed E-state index contributed by atoms with van der Waals surface area (Å²) in [7, 11) is 0. The Balaban J connectivity index is 1.92. The molecule has 1 aliphatic heterocycles. The molecule has 1 fully saturated rings. The van der Waals surface area contributed by atoms with Crippen molar-refractivity contribution in [1.82, 2.24) is 15.5 Å². The van der Waals surface area contributed by atoms with Crippen LogP contribution in [0.25, 0.3) is 0 Å². The summed E-state index contributed by atoms with van der Waals surface area (Å²) >= 11 is 0. The first-order valence-electron chi connectivity index (χ1n) is 8.46. The summed E-state index contributed by atoms with van der Waals surface area (Å²) in [5.74, 6) is 0.847. The number of aliphatic imine (C=N–C) groups is 1. The number of guanidine groups is 1. The zero-order valence-electron chi connectivity index (χ0n) is 14.5. The van der Waals surface area contributed by atoms with Crippen LogP contribution < -0.4 is 10.6 Å². The number of rotatable bonds is 5. The number of amides is 1. The van der Waals surface area contributed by atoms with Crippen LogP contribution in [-0.4, -0.2) is 42.9 Å². The van der Waals surface area contributed by atoms with E-state index in [0.717, 1.165) is 32.5 Å². The highest BCUT2D eigenvalue weighted by Crippen LogP contribution is 2.11. The number of nitrogens with one attached hydrogen (secondary N) is 2. The molecule has 23 heavy (non-hydrogen) atoms. The summed E-state index contributed by atoms with van der Waals surface area (Å²) < 4.78 is 0. The number of aryl methyl sites for hydroxylation is 2. The first-order chi connectivity index (χ1) is 11.1. The van der Waals surface area contributed by atoms with Crippen LogP contribution in [0.15, 0.2) is 23.2 Å². The molecule has 0 saturated carbocycles. The normalized spacial score (nSPS) is 14.9. The van der Waals surface area contributed by atoms with E-state index in [1.54, 1.807) is 0 Å². The van der Waals surface area contributed by atoms with E-state index in [1.165, 1.54) is 16.7 Å². The van der Waals surface area contributed by atoms with E-state index in [-0.39, 0.29) is 5.91 Å². The van der Waals surface area contributed by atoms with Gasteiger partial charge in [0.2, 0.25) is 5.91 Å². The third-order valence-electron chi connectivity index (χ3n) is 4.12. The van der Waals surface area contributed by atoms with Crippen molar-refractivity contribution in [3.05, 3.63) is 34.9 Å². The third-order valence-corrected chi connectivity index (χ3v) is 4.12. The van der Waals surface area contributed by atoms with Crippen molar-refractivity contribution in [2.45, 2.75) is 40.2 Å². The molecule has 0 aromatic heterocycles. The maximum Gasteiger partial charge on any atom is 0.241 e. The van der Waals surface area contributed by atoms with Crippen LogP contribution in [0.5, 0.6) is 0 Å². The van der Waals surface area contributed by atoms with Gasteiger partial charge in [0, 0.05) is 19.6 Å². The molecule has 1 aliphatic rings. The molecule has 1 heterocycles. The van der Waals surface area contributed by atoms with E-state index in [0.29, 0.717) is 19.0 Å². The summed E-state index contributed by atoms with van der Waals surface area (Å²) in [6.45, 7) is 9.68. The number of carbonyl (C=O) groups is 1. The predicted molar refractivity (Wildman–Crippen MR) is 94.5 cm³/mol. The maximum absolute atomic E-state index is 12.1. The molecule has 2 N–H and O–H groups in total. The fourth-order valence-electron chi connectivity index (χ4n) is 2.77. The van der Waals surface area contributed by atoms with Crippen molar-refractivity contribution < 1.29 is 4.79 Å². The lowest BCUT2D eigenvalue weighted by Gasteiger charge is -2.17. The van der Waals surface area contributed by atoms with Gasteiger partial charge >= 0.3 is 0 Å². The van der Waals surface area contributed by atoms with Crippen molar-refractivity contribution in [2.75, 3.05) is 26.2 Å². The Morgan fingerprint density at radius 3 is 2.61 bits per heavy atom. The Bertz CT molecular complexity index is 562. The minimum atomic E-state index is 0.152. The number of hydrogen-bond acceptors (Lipinski definition) is 2. The molecule has 126 valence electrons. The molecule has 0 aliphatic carbocycles. The average Bonchev–Trinajstić information content (AvgIpc) is 3.05. The van der Waals surface area contributed by atoms with Crippen molar-refractivity contribution >= 4 is 11.9 Å². The zero-order chi connectivity index (χ0) is 16.7. The zero-order valence-corrected chi connectivity index (χ0v) is 14.5. The molecule has 1 aromatic rings. The van der Waals surface area contributed by atoms with Crippen LogP contribution in [0.2, 0.25) is 0 Å². The molecule has 0 unspecified atom stereocenters. The van der Waals surface area contributed by atoms with Gasteiger partial charge < -0.3 is 15.5 Å². The van der Waals surface area contributed by atoms with E-state index < -0.39 is 0 Å². The van der Waals surface area contributed by atoms with E-state index in [1.807, 2.05) is 11.8 Å². The molecule has 5 nitrogen and oxygen atoms in total. The lowest BCUT2D eigenvalue weighted by atomic mass is 10.1. The predicted octanol–water partition coefficient (Wildman–Crippen LogP) is 1.98. The van der Waals surface area contributed by atoms with Gasteiger partial charge in [0.25, 0.3) is 0 Å². The van der Waals surface area contributed by atoms with E-state index in [9.17, 15) is 4.79 Å². The Hall–Kier alpha value is -2.04. The SMILES string of the molecule is CCNC(=NCc1ccc(C)cc1C)NCC(=O)N1CCCC1. The van der Waals surface area contributed by atoms with Gasteiger partial charge in [0.1, 0.15) is 0 Å². The van der Waals surface area contributed by atoms with Gasteiger partial charge in [-0.25, -0.2) is 4.99 Å². The molecular formula is C18H28N4O. The number of carbonyl (C=O) groups excluding carboxylic acids is 1. The lowest BCUT2D eigenvalue weighted by Crippen LogP contribution is -2.44. The van der Waals surface area contributed by atoms with Crippen LogP contribution in [0.3, 0.4) is 0 Å². The minimum Gasteiger partial charge on any atom is -0.357 e. The Labute approximate surface area is 139 Å². The summed E-state index contributed by atoms with van der Waals surface area (Å²) in [6, 6.07) is 6.39. The third kappa shape index (κ3) is 5.27. The highest BCUT2D eigenvalue weighted by molar-refractivity contribution is 5.86. The standard InChI is InChI=1S/C18H28N4O/c1-4-19-18(21-13-17(23)22-9-5-6-10-22)20-12-16-8-7-14(2)11-15(16)3/h7-8,11H,4-6,9-10,12-13H2,1-3H3,(H2,19,20,21). The second-order valence-corrected chi connectivity index (χ2v) is 6.07. The summed E-state index contributed by atoms with van der Waals surface area (Å²) in [4.78, 5) is 18.6. The molecule has 5 heteroatoms. The lowest BCUT2D eigenvalue weighted by molar-refractivity contribution is -0.128. The van der Waals surface area contributed by atoms with Crippen LogP contribution in [0.4, 0.5) is 0 Å². The van der Waals surface area contributed by atoms with Crippen molar-refractivity contribution in [3.8, 4) is 0 Å². The van der Waals surface area contributed by atoms with Crippen molar-refractivity contribution in [1.29, 1.82) is 0 Å². The summed E-state index contributed by atoms with van der Waals surface area (Å²) in [5.41, 5.74) is 3.72. The number of hydrogen-bond donors (Lipinski definition) is 2. The van der Waals surface area contributed by atoms with Crippen molar-refractivity contribution in [2.24, 2.45) is 4.99 Å². The minimum absolute atomic E-state index is 0.152. The first-order valence-corrected chi connectivity index (χ1v) is 8.46. The van der Waals surface area contributed by atoms with Crippen molar-refractivity contribution in [3.63, 3.8) is 0 Å². The Kier molecular flexibility index (Phi) is 6.44. The Morgan fingerprint density at radius 1 is 1.22 bits per heavy atom. The largest absolute Gasteiger partial charge is 0.357 e. The number of likely N-dealkylation sites (tertiary alicyclic amines) is 1. The van der Waals surface area contributed by atoms with Gasteiger partial charge in [-0.2, -0.15) is 0 Å². The molecular weight excluding hydrogens is 288 g/mol. The van der Waals surface area contributed by atoms with Gasteiger partial charge in [-0.1, -0.05) is 23.8 Å². The molecule has 0 spiro atoms. The number of nitrogens with zero attached hydrogens (tertiary/aromatic N) is 2. The van der Waals surface area contributed by atoms with Crippen LogP contribution in [0, 0.1) is 13.8 Å². The first kappa shape index (κ1) is 17.3. The number of benzene rings is 1. The summed E-state index contributed by atoms with van der Waals surface area (Å²) in [5, 5.41) is 6.34. The van der Waals surface area contributed by atoms with E-state index in [2.05, 4.69) is 47.7 Å². The maximum atomic E-state index is 12.1. The molecule has 1 aromatic carbocycles. The second-order valence-electron chi connectivity index (χ2n) is 6.07. The van der Waals surface area contributed by atoms with Crippen LogP contribution in [-0.2, 0) is 11.3 Å². The highest BCUT2D eigenvalue weighted by atomic mass is 16.2. The Morgan fingerprint density at radius 2 is 1.96 bits per heavy atom. The monoisotopic (exact) mass is 316 g/mol. The van der Waals surface area contributed by atoms with Gasteiger partial charge in [-0.15, -0.1) is 0 Å². The molecule has 0 bridgehead atoms. The second kappa shape index (κ2) is 8.56. The van der Waals surface area contributed by atoms with E-state index in [4.69, 9.17) is 0 Å². The highest BCUT2D eigenvalue weighted by Gasteiger charge is 2.17. The quantitative estimate of drug-likeness (QED) is 0.645. The molecule has 0 atom stereocenters. The molecule has 0 radical (unpaired) electrons. The topological polar surface area (TPSA) is 56.7 Å². The smallest absolute Gasteiger partial charge is 0.241 e. The molecule has 2 rings (SSSR count). The fraction of sp³-hybridized carbons (Fsp3) is 0.556. The van der Waals surface area contributed by atoms with Gasteiger partial charge in [0.05, 0.1) is 13.1 Å². The average molecular weight is 316 g/mol.